The molecule has 0 unspecified atom stereocenters. The molecular weight excluding hydrogens is 230 g/mol. The van der Waals surface area contributed by atoms with Crippen molar-refractivity contribution in [2.24, 2.45) is 5.73 Å². The Bertz CT molecular complexity index is 296. The van der Waals surface area contributed by atoms with Crippen molar-refractivity contribution in [3.8, 4) is 0 Å². The van der Waals surface area contributed by atoms with Crippen molar-refractivity contribution >= 4 is 30.7 Å². The fraction of sp³-hybridized carbons (Fsp3) is 0.286. The number of carbonyl (C=O) groups is 2. The lowest BCUT2D eigenvalue weighted by molar-refractivity contribution is -0.0979. The summed E-state index contributed by atoms with van der Waals surface area (Å²) < 4.78 is 4.18. The molecule has 1 amide bonds. The average Bonchev–Trinajstić information content (AvgIpc) is 2.19. The summed E-state index contributed by atoms with van der Waals surface area (Å²) in [5, 5.41) is 0. The van der Waals surface area contributed by atoms with Crippen LogP contribution in [-0.4, -0.2) is 34.4 Å². The van der Waals surface area contributed by atoms with Crippen LogP contribution in [-0.2, 0) is 9.53 Å². The smallest absolute Gasteiger partial charge is 0.404 e. The number of ether oxygens (including phenoxy) is 1. The zero-order chi connectivity index (χ0) is 13.8. The molecule has 0 saturated heterocycles. The molecule has 1 aromatic rings. The molecule has 10 nitrogen and oxygen atoms in total. The minimum Gasteiger partial charge on any atom is -0.450 e. The largest absolute Gasteiger partial charge is 0.450 e. The highest BCUT2D eigenvalue weighted by Crippen LogP contribution is 1.97. The van der Waals surface area contributed by atoms with Gasteiger partial charge in [0.25, 0.3) is 0 Å². The van der Waals surface area contributed by atoms with Gasteiger partial charge >= 0.3 is 6.09 Å². The Labute approximate surface area is 97.4 Å². The van der Waals surface area contributed by atoms with E-state index in [2.05, 4.69) is 25.4 Å². The van der Waals surface area contributed by atoms with Crippen LogP contribution in [0.5, 0.6) is 0 Å². The molecule has 1 rings (SSSR count). The molecular formula is C7H15N7O3. The van der Waals surface area contributed by atoms with Crippen molar-refractivity contribution < 1.29 is 14.3 Å². The first-order chi connectivity index (χ1) is 7.95. The Kier molecular flexibility index (Phi) is 9.75. The first-order valence-electron chi connectivity index (χ1n) is 4.19. The highest BCUT2D eigenvalue weighted by atomic mass is 16.5. The summed E-state index contributed by atoms with van der Waals surface area (Å²) in [6, 6.07) is 0. The van der Waals surface area contributed by atoms with E-state index in [9.17, 15) is 4.79 Å². The Morgan fingerprint density at radius 3 is 1.53 bits per heavy atom. The summed E-state index contributed by atoms with van der Waals surface area (Å²) in [5.74, 6) is 0.125. The number of hydrogen-bond acceptors (Lipinski definition) is 9. The second-order valence-corrected chi connectivity index (χ2v) is 2.16. The third kappa shape index (κ3) is 11.3. The maximum atomic E-state index is 9.60. The number of nitrogen functional groups attached to an aromatic ring is 3. The molecule has 0 saturated carbocycles. The van der Waals surface area contributed by atoms with E-state index < -0.39 is 6.09 Å². The van der Waals surface area contributed by atoms with E-state index in [4.69, 9.17) is 22.0 Å². The van der Waals surface area contributed by atoms with E-state index in [1.807, 2.05) is 6.79 Å². The Hall–Kier alpha value is -2.65. The lowest BCUT2D eigenvalue weighted by Gasteiger charge is -1.93. The van der Waals surface area contributed by atoms with Crippen molar-refractivity contribution in [1.29, 1.82) is 0 Å². The van der Waals surface area contributed by atoms with E-state index in [0.29, 0.717) is 6.61 Å². The zero-order valence-electron chi connectivity index (χ0n) is 9.29. The number of nitrogens with two attached hydrogens (primary N) is 4. The maximum absolute atomic E-state index is 9.60. The Morgan fingerprint density at radius 2 is 1.41 bits per heavy atom. The van der Waals surface area contributed by atoms with Crippen LogP contribution in [0.2, 0.25) is 0 Å². The van der Waals surface area contributed by atoms with Gasteiger partial charge in [-0.2, -0.15) is 15.0 Å². The molecule has 0 spiro atoms. The van der Waals surface area contributed by atoms with Crippen molar-refractivity contribution in [3.63, 3.8) is 0 Å². The second kappa shape index (κ2) is 9.89. The maximum Gasteiger partial charge on any atom is 0.404 e. The lowest BCUT2D eigenvalue weighted by Crippen LogP contribution is -2.11. The van der Waals surface area contributed by atoms with E-state index in [1.165, 1.54) is 0 Å². The van der Waals surface area contributed by atoms with Crippen LogP contribution in [0.15, 0.2) is 0 Å². The molecule has 0 aliphatic carbocycles. The summed E-state index contributed by atoms with van der Waals surface area (Å²) >= 11 is 0. The highest BCUT2D eigenvalue weighted by molar-refractivity contribution is 5.64. The monoisotopic (exact) mass is 245 g/mol. The van der Waals surface area contributed by atoms with Crippen LogP contribution in [0.25, 0.3) is 0 Å². The van der Waals surface area contributed by atoms with E-state index in [-0.39, 0.29) is 17.8 Å². The van der Waals surface area contributed by atoms with Gasteiger partial charge in [-0.15, -0.1) is 0 Å². The normalized spacial score (nSPS) is 7.82. The zero-order valence-corrected chi connectivity index (χ0v) is 9.29. The van der Waals surface area contributed by atoms with Gasteiger partial charge in [-0.25, -0.2) is 4.79 Å². The average molecular weight is 245 g/mol. The summed E-state index contributed by atoms with van der Waals surface area (Å²) in [5.41, 5.74) is 20.0. The molecule has 0 fully saturated rings. The predicted molar refractivity (Wildman–Crippen MR) is 61.4 cm³/mol. The number of rotatable bonds is 1. The van der Waals surface area contributed by atoms with Gasteiger partial charge in [0.2, 0.25) is 17.8 Å². The van der Waals surface area contributed by atoms with Crippen LogP contribution in [0, 0.1) is 0 Å². The van der Waals surface area contributed by atoms with Gasteiger partial charge in [0, 0.05) is 0 Å². The molecule has 0 atom stereocenters. The van der Waals surface area contributed by atoms with Gasteiger partial charge in [-0.1, -0.05) is 0 Å². The van der Waals surface area contributed by atoms with Crippen LogP contribution in [0.3, 0.4) is 0 Å². The van der Waals surface area contributed by atoms with Gasteiger partial charge in [-0.3, -0.25) is 0 Å². The van der Waals surface area contributed by atoms with Crippen LogP contribution < -0.4 is 22.9 Å². The predicted octanol–water partition coefficient (Wildman–Crippen LogP) is -1.47. The van der Waals surface area contributed by atoms with Crippen molar-refractivity contribution in [1.82, 2.24) is 15.0 Å². The minimum atomic E-state index is -0.711. The van der Waals surface area contributed by atoms with Crippen LogP contribution in [0.4, 0.5) is 22.6 Å². The standard InChI is InChI=1S/C3H6N6.C3H7NO2.CH2O/c4-1-7-2(5)9-3(6)8-1;1-2-6-3(4)5;1-2/h(H6,4,5,6,7,8,9);2H2,1H3,(H2,4,5);1H2. The molecule has 17 heavy (non-hydrogen) atoms. The SMILES string of the molecule is C=O.CCOC(N)=O.Nc1nc(N)nc(N)n1. The van der Waals surface area contributed by atoms with E-state index >= 15 is 0 Å². The van der Waals surface area contributed by atoms with E-state index in [0.717, 1.165) is 0 Å². The fourth-order valence-electron chi connectivity index (χ4n) is 0.569. The van der Waals surface area contributed by atoms with Gasteiger partial charge in [-0.05, 0) is 6.92 Å². The number of aromatic nitrogens is 3. The van der Waals surface area contributed by atoms with Gasteiger partial charge < -0.3 is 32.5 Å². The number of nitrogens with zero attached hydrogens (tertiary/aromatic N) is 3. The first-order valence-corrected chi connectivity index (χ1v) is 4.19. The molecule has 0 bridgehead atoms. The first kappa shape index (κ1) is 16.8. The molecule has 0 aliphatic rings. The van der Waals surface area contributed by atoms with Gasteiger partial charge in [0.05, 0.1) is 6.61 Å². The van der Waals surface area contributed by atoms with Crippen LogP contribution in [0.1, 0.15) is 6.92 Å². The van der Waals surface area contributed by atoms with Gasteiger partial charge in [0.1, 0.15) is 6.79 Å². The topological polar surface area (TPSA) is 186 Å². The summed E-state index contributed by atoms with van der Waals surface area (Å²) in [4.78, 5) is 28.1. The molecule has 0 aromatic carbocycles. The number of carbonyl (C=O) groups excluding carboxylic acids is 2. The molecule has 0 aliphatic heterocycles. The Balaban J connectivity index is 0. The lowest BCUT2D eigenvalue weighted by atomic mass is 10.9. The van der Waals surface area contributed by atoms with Crippen molar-refractivity contribution in [2.75, 3.05) is 23.8 Å². The van der Waals surface area contributed by atoms with Gasteiger partial charge in [0.15, 0.2) is 0 Å². The molecule has 1 aromatic heterocycles. The molecule has 0 radical (unpaired) electrons. The Morgan fingerprint density at radius 1 is 1.12 bits per heavy atom. The number of anilines is 3. The summed E-state index contributed by atoms with van der Waals surface area (Å²) in [7, 11) is 0. The fourth-order valence-corrected chi connectivity index (χ4v) is 0.569. The quantitative estimate of drug-likeness (QED) is 0.458. The summed E-state index contributed by atoms with van der Waals surface area (Å²) in [6.07, 6.45) is -0.711. The molecule has 1 heterocycles. The summed E-state index contributed by atoms with van der Waals surface area (Å²) in [6.45, 7) is 4.06. The number of hydrogen-bond donors (Lipinski definition) is 4. The third-order valence-electron chi connectivity index (χ3n) is 0.974. The molecule has 10 heteroatoms. The van der Waals surface area contributed by atoms with Crippen molar-refractivity contribution in [3.05, 3.63) is 0 Å². The second-order valence-electron chi connectivity index (χ2n) is 2.16. The van der Waals surface area contributed by atoms with E-state index in [1.54, 1.807) is 6.92 Å². The third-order valence-corrected chi connectivity index (χ3v) is 0.974. The van der Waals surface area contributed by atoms with Crippen molar-refractivity contribution in [2.45, 2.75) is 6.92 Å². The molecule has 8 N–H and O–H groups in total. The minimum absolute atomic E-state index is 0.0417. The number of amides is 1. The number of primary amides is 1. The van der Waals surface area contributed by atoms with Crippen LogP contribution >= 0.6 is 0 Å². The molecule has 96 valence electrons. The highest BCUT2D eigenvalue weighted by Gasteiger charge is 1.93.